The molecule has 0 aliphatic carbocycles. The second-order valence-corrected chi connectivity index (χ2v) is 7.19. The van der Waals surface area contributed by atoms with Crippen molar-refractivity contribution < 1.29 is 14.0 Å². The van der Waals surface area contributed by atoms with E-state index < -0.39 is 5.91 Å². The molecular weight excluding hydrogens is 382 g/mol. The number of likely N-dealkylation sites (tertiary alicyclic amines) is 1. The topological polar surface area (TPSA) is 100 Å². The van der Waals surface area contributed by atoms with Crippen molar-refractivity contribution in [3.63, 3.8) is 0 Å². The first-order valence-electron chi connectivity index (χ1n) is 9.92. The fourth-order valence-electron chi connectivity index (χ4n) is 3.50. The van der Waals surface area contributed by atoms with E-state index >= 15 is 0 Å². The number of hydrogen-bond donors (Lipinski definition) is 2. The molecule has 0 unspecified atom stereocenters. The highest BCUT2D eigenvalue weighted by Crippen LogP contribution is 2.16. The van der Waals surface area contributed by atoms with E-state index in [1.807, 2.05) is 18.2 Å². The highest BCUT2D eigenvalue weighted by Gasteiger charge is 2.24. The van der Waals surface area contributed by atoms with Gasteiger partial charge in [0, 0.05) is 38.1 Å². The molecule has 1 aliphatic rings. The Labute approximate surface area is 174 Å². The second-order valence-electron chi connectivity index (χ2n) is 7.19. The Morgan fingerprint density at radius 1 is 1.00 bits per heavy atom. The van der Waals surface area contributed by atoms with E-state index in [0.29, 0.717) is 0 Å². The molecule has 0 spiro atoms. The molecule has 154 valence electrons. The van der Waals surface area contributed by atoms with Crippen LogP contribution in [0.25, 0.3) is 0 Å². The van der Waals surface area contributed by atoms with E-state index in [2.05, 4.69) is 37.6 Å². The Bertz CT molecular complexity index is 983. The molecule has 1 aromatic carbocycles. The third-order valence-electron chi connectivity index (χ3n) is 5.06. The van der Waals surface area contributed by atoms with Crippen LogP contribution in [0.15, 0.2) is 65.5 Å². The van der Waals surface area contributed by atoms with Gasteiger partial charge in [0.15, 0.2) is 17.3 Å². The van der Waals surface area contributed by atoms with Crippen LogP contribution < -0.4 is 10.6 Å². The van der Waals surface area contributed by atoms with Gasteiger partial charge in [-0.15, -0.1) is 0 Å². The third kappa shape index (κ3) is 4.90. The third-order valence-corrected chi connectivity index (χ3v) is 5.06. The average Bonchev–Trinajstić information content (AvgIpc) is 3.31. The van der Waals surface area contributed by atoms with Crippen LogP contribution >= 0.6 is 0 Å². The molecule has 3 heterocycles. The Morgan fingerprint density at radius 3 is 2.50 bits per heavy atom. The summed E-state index contributed by atoms with van der Waals surface area (Å²) in [6, 6.07) is 13.6. The van der Waals surface area contributed by atoms with Crippen LogP contribution in [0.2, 0.25) is 0 Å². The molecule has 1 saturated heterocycles. The Morgan fingerprint density at radius 2 is 1.77 bits per heavy atom. The van der Waals surface area contributed by atoms with E-state index in [4.69, 9.17) is 4.42 Å². The summed E-state index contributed by atoms with van der Waals surface area (Å²) in [5.74, 6) is -0.584. The SMILES string of the molecule is O=C(Nc1nccnc1C(=O)NC1CCN(Cc2ccccc2)CC1)c1ccco1. The maximum Gasteiger partial charge on any atom is 0.292 e. The van der Waals surface area contributed by atoms with Gasteiger partial charge in [-0.1, -0.05) is 30.3 Å². The largest absolute Gasteiger partial charge is 0.459 e. The molecule has 8 nitrogen and oxygen atoms in total. The number of nitrogens with one attached hydrogen (secondary N) is 2. The molecule has 4 rings (SSSR count). The first-order chi connectivity index (χ1) is 14.7. The molecular formula is C22H23N5O3. The number of carbonyl (C=O) groups excluding carboxylic acids is 2. The number of aromatic nitrogens is 2. The van der Waals surface area contributed by atoms with Crippen LogP contribution in [0.5, 0.6) is 0 Å². The zero-order valence-corrected chi connectivity index (χ0v) is 16.5. The monoisotopic (exact) mass is 405 g/mol. The fraction of sp³-hybridized carbons (Fsp3) is 0.273. The number of hydrogen-bond acceptors (Lipinski definition) is 6. The molecule has 0 radical (unpaired) electrons. The molecule has 0 bridgehead atoms. The number of nitrogens with zero attached hydrogens (tertiary/aromatic N) is 3. The lowest BCUT2D eigenvalue weighted by Gasteiger charge is -2.32. The van der Waals surface area contributed by atoms with Crippen LogP contribution in [-0.4, -0.2) is 45.8 Å². The summed E-state index contributed by atoms with van der Waals surface area (Å²) in [5, 5.41) is 5.62. The number of piperidine rings is 1. The average molecular weight is 405 g/mol. The lowest BCUT2D eigenvalue weighted by Crippen LogP contribution is -2.44. The van der Waals surface area contributed by atoms with Gasteiger partial charge >= 0.3 is 0 Å². The zero-order valence-electron chi connectivity index (χ0n) is 16.5. The maximum atomic E-state index is 12.8. The molecule has 2 aromatic heterocycles. The summed E-state index contributed by atoms with van der Waals surface area (Å²) in [5.41, 5.74) is 1.38. The summed E-state index contributed by atoms with van der Waals surface area (Å²) >= 11 is 0. The van der Waals surface area contributed by atoms with Crippen LogP contribution in [0, 0.1) is 0 Å². The van der Waals surface area contributed by atoms with Crippen LogP contribution in [-0.2, 0) is 6.54 Å². The number of furan rings is 1. The van der Waals surface area contributed by atoms with Crippen molar-refractivity contribution in [2.75, 3.05) is 18.4 Å². The van der Waals surface area contributed by atoms with Gasteiger partial charge in [-0.25, -0.2) is 9.97 Å². The quantitative estimate of drug-likeness (QED) is 0.654. The number of rotatable bonds is 6. The summed E-state index contributed by atoms with van der Waals surface area (Å²) in [7, 11) is 0. The van der Waals surface area contributed by atoms with Crippen molar-refractivity contribution in [1.29, 1.82) is 0 Å². The molecule has 1 aliphatic heterocycles. The highest BCUT2D eigenvalue weighted by molar-refractivity contribution is 6.06. The smallest absolute Gasteiger partial charge is 0.292 e. The molecule has 2 amide bonds. The summed E-state index contributed by atoms with van der Waals surface area (Å²) in [6.45, 7) is 2.72. The number of amides is 2. The predicted octanol–water partition coefficient (Wildman–Crippen LogP) is 2.72. The second kappa shape index (κ2) is 9.32. The molecule has 1 fully saturated rings. The lowest BCUT2D eigenvalue weighted by atomic mass is 10.0. The molecule has 30 heavy (non-hydrogen) atoms. The van der Waals surface area contributed by atoms with Crippen molar-refractivity contribution in [3.8, 4) is 0 Å². The lowest BCUT2D eigenvalue weighted by molar-refractivity contribution is 0.0904. The molecule has 0 saturated carbocycles. The van der Waals surface area contributed by atoms with E-state index in [1.54, 1.807) is 6.07 Å². The van der Waals surface area contributed by atoms with Crippen LogP contribution in [0.1, 0.15) is 39.4 Å². The Balaban J connectivity index is 1.33. The summed E-state index contributed by atoms with van der Waals surface area (Å²) < 4.78 is 5.08. The normalized spacial score (nSPS) is 14.9. The van der Waals surface area contributed by atoms with Crippen molar-refractivity contribution in [2.45, 2.75) is 25.4 Å². The minimum atomic E-state index is -0.483. The Hall–Kier alpha value is -3.52. The minimum Gasteiger partial charge on any atom is -0.459 e. The standard InChI is InChI=1S/C22H23N5O3/c28-21(18-7-4-14-30-18)26-20-19(23-10-11-24-20)22(29)25-17-8-12-27(13-9-17)15-16-5-2-1-3-6-16/h1-7,10-11,14,17H,8-9,12-13,15H2,(H,25,29)(H,24,26,28). The number of carbonyl (C=O) groups is 2. The van der Waals surface area contributed by atoms with Crippen LogP contribution in [0.4, 0.5) is 5.82 Å². The zero-order chi connectivity index (χ0) is 20.8. The van der Waals surface area contributed by atoms with Crippen molar-refractivity contribution in [2.24, 2.45) is 0 Å². The molecule has 2 N–H and O–H groups in total. The van der Waals surface area contributed by atoms with Gasteiger partial charge in [0.1, 0.15) is 0 Å². The summed E-state index contributed by atoms with van der Waals surface area (Å²) in [6.07, 6.45) is 5.97. The molecule has 8 heteroatoms. The first-order valence-corrected chi connectivity index (χ1v) is 9.92. The van der Waals surface area contributed by atoms with Gasteiger partial charge in [-0.3, -0.25) is 14.5 Å². The number of benzene rings is 1. The molecule has 0 atom stereocenters. The van der Waals surface area contributed by atoms with E-state index in [1.165, 1.54) is 30.3 Å². The first kappa shape index (κ1) is 19.8. The number of anilines is 1. The van der Waals surface area contributed by atoms with Gasteiger partial charge in [0.25, 0.3) is 11.8 Å². The fourth-order valence-corrected chi connectivity index (χ4v) is 3.50. The van der Waals surface area contributed by atoms with Gasteiger partial charge in [0.2, 0.25) is 0 Å². The maximum absolute atomic E-state index is 12.8. The van der Waals surface area contributed by atoms with Gasteiger partial charge < -0.3 is 15.1 Å². The van der Waals surface area contributed by atoms with Gasteiger partial charge in [0.05, 0.1) is 6.26 Å². The minimum absolute atomic E-state index is 0.0557. The van der Waals surface area contributed by atoms with Crippen molar-refractivity contribution in [1.82, 2.24) is 20.2 Å². The van der Waals surface area contributed by atoms with E-state index in [0.717, 1.165) is 32.5 Å². The molecule has 3 aromatic rings. The van der Waals surface area contributed by atoms with E-state index in [9.17, 15) is 9.59 Å². The van der Waals surface area contributed by atoms with E-state index in [-0.39, 0.29) is 29.2 Å². The Kier molecular flexibility index (Phi) is 6.14. The van der Waals surface area contributed by atoms with Crippen molar-refractivity contribution >= 4 is 17.6 Å². The van der Waals surface area contributed by atoms with Crippen LogP contribution in [0.3, 0.4) is 0 Å². The van der Waals surface area contributed by atoms with Crippen molar-refractivity contribution in [3.05, 3.63) is 78.1 Å². The van der Waals surface area contributed by atoms with Gasteiger partial charge in [-0.05, 0) is 30.5 Å². The summed E-state index contributed by atoms with van der Waals surface area (Å²) in [4.78, 5) is 35.6. The predicted molar refractivity (Wildman–Crippen MR) is 111 cm³/mol. The highest BCUT2D eigenvalue weighted by atomic mass is 16.3. The van der Waals surface area contributed by atoms with Gasteiger partial charge in [-0.2, -0.15) is 0 Å².